The molecule has 4 aliphatic rings. The average Bonchev–Trinajstić information content (AvgIpc) is 3.61. The summed E-state index contributed by atoms with van der Waals surface area (Å²) in [6.07, 6.45) is 11.3. The molecule has 0 N–H and O–H groups in total. The zero-order valence-electron chi connectivity index (χ0n) is 31.8. The Balaban J connectivity index is 1.51. The zero-order valence-corrected chi connectivity index (χ0v) is 31.8. The van der Waals surface area contributed by atoms with Crippen LogP contribution in [-0.2, 0) is 16.2 Å². The Kier molecular flexibility index (Phi) is 7.43. The molecular formula is C49H56. The average molecular weight is 645 g/mol. The highest BCUT2D eigenvalue weighted by Crippen LogP contribution is 2.68. The molecule has 0 fully saturated rings. The van der Waals surface area contributed by atoms with Gasteiger partial charge >= 0.3 is 0 Å². The Bertz CT molecular complexity index is 2110. The molecule has 0 heteroatoms. The smallest absolute Gasteiger partial charge is 0.0443 e. The fourth-order valence-electron chi connectivity index (χ4n) is 11.2. The molecule has 1 spiro atoms. The second kappa shape index (κ2) is 11.2. The summed E-state index contributed by atoms with van der Waals surface area (Å²) in [6.45, 7) is 24.3. The third kappa shape index (κ3) is 4.22. The summed E-state index contributed by atoms with van der Waals surface area (Å²) in [5.41, 5.74) is 19.6. The molecule has 0 saturated heterocycles. The summed E-state index contributed by atoms with van der Waals surface area (Å²) in [5, 5.41) is 2.90. The first-order chi connectivity index (χ1) is 23.5. The van der Waals surface area contributed by atoms with Crippen molar-refractivity contribution in [1.29, 1.82) is 0 Å². The molecule has 252 valence electrons. The number of allylic oxidation sites excluding steroid dienone is 6. The van der Waals surface area contributed by atoms with Gasteiger partial charge in [0, 0.05) is 16.2 Å². The topological polar surface area (TPSA) is 0 Å². The third-order valence-electron chi connectivity index (χ3n) is 13.6. The molecule has 0 saturated carbocycles. The summed E-state index contributed by atoms with van der Waals surface area (Å²) in [5.74, 6) is 1.62. The van der Waals surface area contributed by atoms with Crippen molar-refractivity contribution in [3.8, 4) is 11.1 Å². The van der Waals surface area contributed by atoms with Crippen LogP contribution in [0.5, 0.6) is 0 Å². The van der Waals surface area contributed by atoms with Crippen LogP contribution in [0.1, 0.15) is 146 Å². The Morgan fingerprint density at radius 2 is 1.24 bits per heavy atom. The maximum absolute atomic E-state index is 2.79. The van der Waals surface area contributed by atoms with Crippen molar-refractivity contribution in [2.45, 2.75) is 124 Å². The molecule has 0 heterocycles. The molecule has 49 heavy (non-hydrogen) atoms. The molecule has 0 aliphatic heterocycles. The predicted molar refractivity (Wildman–Crippen MR) is 212 cm³/mol. The van der Waals surface area contributed by atoms with E-state index in [0.29, 0.717) is 17.8 Å². The summed E-state index contributed by atoms with van der Waals surface area (Å²) in [6, 6.07) is 26.5. The first kappa shape index (κ1) is 32.6. The zero-order chi connectivity index (χ0) is 34.6. The lowest BCUT2D eigenvalue weighted by molar-refractivity contribution is 0.491. The van der Waals surface area contributed by atoms with Gasteiger partial charge in [-0.1, -0.05) is 148 Å². The van der Waals surface area contributed by atoms with Crippen LogP contribution >= 0.6 is 0 Å². The summed E-state index contributed by atoms with van der Waals surface area (Å²) in [7, 11) is 0. The maximum Gasteiger partial charge on any atom is 0.0443 e. The summed E-state index contributed by atoms with van der Waals surface area (Å²) >= 11 is 0. The SMILES string of the molecule is CCC(CC)C1=CC2(CC(C(CC)CC)=C1)c1ccc3c(c1-c1cc(C(C)C)c4ccccc4c12)C(C)(C)C1=C3C(C)(C)c2ccccc21. The van der Waals surface area contributed by atoms with Crippen molar-refractivity contribution in [3.63, 3.8) is 0 Å². The van der Waals surface area contributed by atoms with Gasteiger partial charge in [-0.15, -0.1) is 0 Å². The van der Waals surface area contributed by atoms with Crippen LogP contribution in [-0.4, -0.2) is 0 Å². The molecule has 1 unspecified atom stereocenters. The standard InChI is InChI=1S/C49H56/c1-11-30(12-2)32-25-33(31(13-3)14-4)28-49(27-32)41-24-23-37-44(48(9,10)45-36-21-17-18-22-40(36)47(7,8)46(37)45)42(41)39-26-38(29(5)6)34-19-15-16-20-35(34)43(39)49/h15-27,29-31H,11-14,28H2,1-10H3. The van der Waals surface area contributed by atoms with Gasteiger partial charge in [0.15, 0.2) is 0 Å². The number of hydrogen-bond acceptors (Lipinski definition) is 0. The molecule has 0 amide bonds. The number of fused-ring (bicyclic) bond motifs is 12. The molecule has 0 bridgehead atoms. The highest BCUT2D eigenvalue weighted by Gasteiger charge is 2.54. The lowest BCUT2D eigenvalue weighted by Crippen LogP contribution is -2.30. The van der Waals surface area contributed by atoms with E-state index in [1.807, 2.05) is 0 Å². The van der Waals surface area contributed by atoms with Gasteiger partial charge in [-0.3, -0.25) is 0 Å². The minimum Gasteiger partial charge on any atom is -0.0657 e. The normalized spacial score (nSPS) is 21.0. The second-order valence-corrected chi connectivity index (χ2v) is 17.1. The van der Waals surface area contributed by atoms with Gasteiger partial charge in [0.1, 0.15) is 0 Å². The van der Waals surface area contributed by atoms with Gasteiger partial charge in [0.05, 0.1) is 0 Å². The molecule has 0 nitrogen and oxygen atoms in total. The molecular weight excluding hydrogens is 589 g/mol. The van der Waals surface area contributed by atoms with Gasteiger partial charge < -0.3 is 0 Å². The van der Waals surface area contributed by atoms with Gasteiger partial charge in [-0.2, -0.15) is 0 Å². The van der Waals surface area contributed by atoms with Crippen LogP contribution in [0.25, 0.3) is 33.0 Å². The van der Waals surface area contributed by atoms with Crippen molar-refractivity contribution >= 4 is 21.9 Å². The third-order valence-corrected chi connectivity index (χ3v) is 13.6. The fraction of sp³-hybridized carbons (Fsp3) is 0.429. The Morgan fingerprint density at radius 3 is 1.92 bits per heavy atom. The van der Waals surface area contributed by atoms with Gasteiger partial charge in [0.25, 0.3) is 0 Å². The van der Waals surface area contributed by atoms with Gasteiger partial charge in [-0.25, -0.2) is 0 Å². The summed E-state index contributed by atoms with van der Waals surface area (Å²) < 4.78 is 0. The molecule has 8 rings (SSSR count). The van der Waals surface area contributed by atoms with E-state index in [1.165, 1.54) is 64.3 Å². The highest BCUT2D eigenvalue weighted by atomic mass is 14.6. The van der Waals surface area contributed by atoms with E-state index in [9.17, 15) is 0 Å². The first-order valence-corrected chi connectivity index (χ1v) is 19.5. The van der Waals surface area contributed by atoms with Crippen LogP contribution in [0.15, 0.2) is 90.0 Å². The van der Waals surface area contributed by atoms with E-state index in [2.05, 4.69) is 148 Å². The van der Waals surface area contributed by atoms with Crippen molar-refractivity contribution in [2.24, 2.45) is 11.8 Å². The van der Waals surface area contributed by atoms with Crippen LogP contribution < -0.4 is 0 Å². The molecule has 0 radical (unpaired) electrons. The van der Waals surface area contributed by atoms with Crippen LogP contribution in [0.3, 0.4) is 0 Å². The quantitative estimate of drug-likeness (QED) is 0.188. The summed E-state index contributed by atoms with van der Waals surface area (Å²) in [4.78, 5) is 0. The maximum atomic E-state index is 2.79. The molecule has 0 aromatic heterocycles. The molecule has 4 aromatic rings. The minimum atomic E-state index is -0.185. The van der Waals surface area contributed by atoms with Crippen molar-refractivity contribution in [2.75, 3.05) is 0 Å². The van der Waals surface area contributed by atoms with E-state index in [0.717, 1.165) is 6.42 Å². The van der Waals surface area contributed by atoms with Gasteiger partial charge in [-0.05, 0) is 133 Å². The van der Waals surface area contributed by atoms with Crippen LogP contribution in [0.2, 0.25) is 0 Å². The van der Waals surface area contributed by atoms with E-state index in [1.54, 1.807) is 44.5 Å². The highest BCUT2D eigenvalue weighted by molar-refractivity contribution is 6.13. The van der Waals surface area contributed by atoms with E-state index in [4.69, 9.17) is 0 Å². The number of rotatable bonds is 7. The first-order valence-electron chi connectivity index (χ1n) is 19.5. The van der Waals surface area contributed by atoms with Crippen molar-refractivity contribution in [3.05, 3.63) is 129 Å². The Hall–Kier alpha value is -3.64. The van der Waals surface area contributed by atoms with Crippen LogP contribution in [0.4, 0.5) is 0 Å². The largest absolute Gasteiger partial charge is 0.0657 e. The van der Waals surface area contributed by atoms with E-state index < -0.39 is 0 Å². The predicted octanol–water partition coefficient (Wildman–Crippen LogP) is 13.9. The number of hydrogen-bond donors (Lipinski definition) is 0. The molecule has 4 aliphatic carbocycles. The van der Waals surface area contributed by atoms with Crippen LogP contribution in [0, 0.1) is 11.8 Å². The Labute approximate surface area is 296 Å². The monoisotopic (exact) mass is 644 g/mol. The minimum absolute atomic E-state index is 0.0347. The lowest BCUT2D eigenvalue weighted by atomic mass is 9.64. The fourth-order valence-corrected chi connectivity index (χ4v) is 11.2. The Morgan fingerprint density at radius 1 is 0.612 bits per heavy atom. The van der Waals surface area contributed by atoms with E-state index in [-0.39, 0.29) is 16.2 Å². The molecule has 1 atom stereocenters. The lowest BCUT2D eigenvalue weighted by Gasteiger charge is -2.39. The van der Waals surface area contributed by atoms with Gasteiger partial charge in [0.2, 0.25) is 0 Å². The molecule has 4 aromatic carbocycles. The van der Waals surface area contributed by atoms with Crippen molar-refractivity contribution < 1.29 is 0 Å². The van der Waals surface area contributed by atoms with E-state index >= 15 is 0 Å². The number of benzene rings is 4. The second-order valence-electron chi connectivity index (χ2n) is 17.1. The van der Waals surface area contributed by atoms with Crippen molar-refractivity contribution in [1.82, 2.24) is 0 Å².